The molecule has 3 rings (SSSR count). The van der Waals surface area contributed by atoms with Crippen molar-refractivity contribution in [3.63, 3.8) is 0 Å². The van der Waals surface area contributed by atoms with Crippen LogP contribution in [-0.4, -0.2) is 53.8 Å². The van der Waals surface area contributed by atoms with E-state index in [2.05, 4.69) is 10.6 Å². The van der Waals surface area contributed by atoms with Gasteiger partial charge < -0.3 is 20.5 Å². The Labute approximate surface area is 166 Å². The Balaban J connectivity index is 1.42. The van der Waals surface area contributed by atoms with E-state index in [1.165, 1.54) is 12.8 Å². The molecule has 0 aliphatic heterocycles. The molecule has 0 radical (unpaired) electrons. The van der Waals surface area contributed by atoms with E-state index in [0.29, 0.717) is 19.0 Å². The molecule has 7 heteroatoms. The van der Waals surface area contributed by atoms with Gasteiger partial charge in [-0.2, -0.15) is 0 Å². The summed E-state index contributed by atoms with van der Waals surface area (Å²) in [4.78, 5) is 25.1. The van der Waals surface area contributed by atoms with Gasteiger partial charge in [-0.05, 0) is 56.7 Å². The molecule has 0 heterocycles. The van der Waals surface area contributed by atoms with Crippen molar-refractivity contribution in [1.82, 2.24) is 15.5 Å². The van der Waals surface area contributed by atoms with Crippen LogP contribution in [0.15, 0.2) is 18.2 Å². The number of rotatable bonds is 10. The van der Waals surface area contributed by atoms with Crippen molar-refractivity contribution in [2.24, 2.45) is 5.92 Å². The molecule has 2 aliphatic carbocycles. The minimum absolute atomic E-state index is 0.0527. The molecule has 3 N–H and O–H groups in total. The van der Waals surface area contributed by atoms with Gasteiger partial charge in [0, 0.05) is 24.2 Å². The second-order valence-corrected chi connectivity index (χ2v) is 7.97. The Morgan fingerprint density at radius 3 is 2.68 bits per heavy atom. The maximum absolute atomic E-state index is 12.2. The van der Waals surface area contributed by atoms with Gasteiger partial charge in [-0.25, -0.2) is 4.79 Å². The van der Waals surface area contributed by atoms with Crippen molar-refractivity contribution in [1.29, 1.82) is 0 Å². The average molecular weight is 389 g/mol. The summed E-state index contributed by atoms with van der Waals surface area (Å²) >= 11 is 0. The van der Waals surface area contributed by atoms with Gasteiger partial charge in [0.2, 0.25) is 0 Å². The molecule has 1 aromatic rings. The molecule has 0 atom stereocenters. The third-order valence-electron chi connectivity index (χ3n) is 5.54. The Bertz CT molecular complexity index is 699. The second-order valence-electron chi connectivity index (χ2n) is 7.97. The first kappa shape index (κ1) is 20.5. The molecule has 2 aliphatic rings. The normalized spacial score (nSPS) is 21.1. The van der Waals surface area contributed by atoms with Crippen molar-refractivity contribution >= 4 is 12.0 Å². The number of carbonyl (C=O) groups is 2. The van der Waals surface area contributed by atoms with Gasteiger partial charge in [-0.1, -0.05) is 19.1 Å². The molecule has 0 saturated heterocycles. The number of aryl methyl sites for hydroxylation is 1. The molecule has 0 spiro atoms. The van der Waals surface area contributed by atoms with E-state index in [4.69, 9.17) is 9.84 Å². The monoisotopic (exact) mass is 389 g/mol. The van der Waals surface area contributed by atoms with Crippen LogP contribution in [0.4, 0.5) is 4.79 Å². The Morgan fingerprint density at radius 2 is 2.04 bits per heavy atom. The predicted molar refractivity (Wildman–Crippen MR) is 106 cm³/mol. The van der Waals surface area contributed by atoms with Gasteiger partial charge in [-0.15, -0.1) is 0 Å². The fourth-order valence-corrected chi connectivity index (χ4v) is 3.52. The molecule has 0 bridgehead atoms. The van der Waals surface area contributed by atoms with E-state index in [1.807, 2.05) is 36.9 Å². The first-order valence-corrected chi connectivity index (χ1v) is 10.2. The smallest absolute Gasteiger partial charge is 0.317 e. The lowest BCUT2D eigenvalue weighted by Crippen LogP contribution is -2.56. The first-order chi connectivity index (χ1) is 13.4. The highest BCUT2D eigenvalue weighted by molar-refractivity contribution is 5.74. The van der Waals surface area contributed by atoms with Crippen LogP contribution in [0.5, 0.6) is 5.75 Å². The third-order valence-corrected chi connectivity index (χ3v) is 5.54. The van der Waals surface area contributed by atoms with Gasteiger partial charge in [0.25, 0.3) is 0 Å². The van der Waals surface area contributed by atoms with E-state index >= 15 is 0 Å². The van der Waals surface area contributed by atoms with Crippen LogP contribution >= 0.6 is 0 Å². The van der Waals surface area contributed by atoms with Crippen molar-refractivity contribution in [3.8, 4) is 5.75 Å². The minimum Gasteiger partial charge on any atom is -0.493 e. The summed E-state index contributed by atoms with van der Waals surface area (Å²) in [5, 5.41) is 14.8. The van der Waals surface area contributed by atoms with Gasteiger partial charge in [0.05, 0.1) is 13.2 Å². The highest BCUT2D eigenvalue weighted by Gasteiger charge is 2.34. The molecule has 2 amide bonds. The van der Waals surface area contributed by atoms with Crippen molar-refractivity contribution in [3.05, 3.63) is 29.3 Å². The number of urea groups is 1. The summed E-state index contributed by atoms with van der Waals surface area (Å²) in [6.07, 6.45) is 4.06. The van der Waals surface area contributed by atoms with Crippen LogP contribution in [0.2, 0.25) is 0 Å². The quantitative estimate of drug-likeness (QED) is 0.572. The number of likely N-dealkylation sites (N-methyl/N-ethyl adjacent to an activating group) is 1. The number of nitrogens with zero attached hydrogens (tertiary/aromatic N) is 1. The molecule has 28 heavy (non-hydrogen) atoms. The van der Waals surface area contributed by atoms with E-state index in [9.17, 15) is 9.59 Å². The molecular formula is C21H31N3O4. The number of amides is 2. The summed E-state index contributed by atoms with van der Waals surface area (Å²) in [6.45, 7) is 5.91. The molecule has 2 saturated carbocycles. The molecule has 0 aromatic heterocycles. The first-order valence-electron chi connectivity index (χ1n) is 10.2. The second kappa shape index (κ2) is 9.28. The van der Waals surface area contributed by atoms with Crippen LogP contribution in [0.1, 0.15) is 43.7 Å². The molecule has 154 valence electrons. The third kappa shape index (κ3) is 5.86. The highest BCUT2D eigenvalue weighted by atomic mass is 16.5. The summed E-state index contributed by atoms with van der Waals surface area (Å²) in [5.74, 6) is 0.719. The lowest BCUT2D eigenvalue weighted by molar-refractivity contribution is -0.139. The van der Waals surface area contributed by atoms with Gasteiger partial charge >= 0.3 is 12.0 Å². The number of hydrogen-bond acceptors (Lipinski definition) is 4. The number of hydrogen-bond donors (Lipinski definition) is 3. The van der Waals surface area contributed by atoms with E-state index < -0.39 is 5.97 Å². The maximum Gasteiger partial charge on any atom is 0.317 e. The van der Waals surface area contributed by atoms with Crippen molar-refractivity contribution in [2.75, 3.05) is 19.7 Å². The van der Waals surface area contributed by atoms with Crippen molar-refractivity contribution in [2.45, 2.75) is 58.2 Å². The number of aliphatic carboxylic acids is 1. The summed E-state index contributed by atoms with van der Waals surface area (Å²) in [5.41, 5.74) is 2.12. The highest BCUT2D eigenvalue weighted by Crippen LogP contribution is 2.31. The number of benzene rings is 1. The Morgan fingerprint density at radius 1 is 1.29 bits per heavy atom. The number of carboxylic acids is 1. The number of carbonyl (C=O) groups excluding carboxylic acids is 1. The Kier molecular flexibility index (Phi) is 6.78. The molecule has 2 fully saturated rings. The van der Waals surface area contributed by atoms with Crippen LogP contribution < -0.4 is 15.4 Å². The van der Waals surface area contributed by atoms with Crippen LogP contribution in [-0.2, 0) is 11.3 Å². The molecule has 1 aromatic carbocycles. The largest absolute Gasteiger partial charge is 0.493 e. The Hall–Kier alpha value is -2.28. The van der Waals surface area contributed by atoms with Gasteiger partial charge in [0.1, 0.15) is 5.75 Å². The lowest BCUT2D eigenvalue weighted by atomic mass is 9.85. The zero-order valence-electron chi connectivity index (χ0n) is 16.7. The van der Waals surface area contributed by atoms with Crippen LogP contribution in [0, 0.1) is 12.8 Å². The zero-order chi connectivity index (χ0) is 20.1. The summed E-state index contributed by atoms with van der Waals surface area (Å²) in [7, 11) is 0. The molecule has 0 unspecified atom stereocenters. The fraction of sp³-hybridized carbons (Fsp3) is 0.619. The minimum atomic E-state index is -0.811. The van der Waals surface area contributed by atoms with Crippen LogP contribution in [0.3, 0.4) is 0 Å². The standard InChI is InChI=1S/C21H31N3O4/c1-3-24(12-20(25)26)18-9-17(10-18)23-21(27)22-11-16-7-4-14(2)8-19(16)28-13-15-5-6-15/h4,7-8,15,17-18H,3,5-6,9-13H2,1-2H3,(H,25,26)(H2,22,23,27). The average Bonchev–Trinajstić information content (AvgIpc) is 3.44. The molecule has 7 nitrogen and oxygen atoms in total. The fourth-order valence-electron chi connectivity index (χ4n) is 3.52. The van der Waals surface area contributed by atoms with E-state index in [1.54, 1.807) is 0 Å². The maximum atomic E-state index is 12.2. The topological polar surface area (TPSA) is 90.9 Å². The van der Waals surface area contributed by atoms with Crippen molar-refractivity contribution < 1.29 is 19.4 Å². The predicted octanol–water partition coefficient (Wildman–Crippen LogP) is 2.52. The van der Waals surface area contributed by atoms with E-state index in [0.717, 1.165) is 36.3 Å². The van der Waals surface area contributed by atoms with Gasteiger partial charge in [0.15, 0.2) is 0 Å². The summed E-state index contributed by atoms with van der Waals surface area (Å²) in [6, 6.07) is 6.18. The lowest BCUT2D eigenvalue weighted by Gasteiger charge is -2.42. The number of carboxylic acid groups (broad SMARTS) is 1. The van der Waals surface area contributed by atoms with E-state index in [-0.39, 0.29) is 24.7 Å². The summed E-state index contributed by atoms with van der Waals surface area (Å²) < 4.78 is 5.95. The number of nitrogens with one attached hydrogen (secondary N) is 2. The SMILES string of the molecule is CCN(CC(=O)O)C1CC(NC(=O)NCc2ccc(C)cc2OCC2CC2)C1. The van der Waals surface area contributed by atoms with Gasteiger partial charge in [-0.3, -0.25) is 9.69 Å². The van der Waals surface area contributed by atoms with Crippen LogP contribution in [0.25, 0.3) is 0 Å². The zero-order valence-corrected chi connectivity index (χ0v) is 16.7. The molecular weight excluding hydrogens is 358 g/mol. The number of ether oxygens (including phenoxy) is 1.